The fourth-order valence-electron chi connectivity index (χ4n) is 4.65. The van der Waals surface area contributed by atoms with Gasteiger partial charge in [-0.3, -0.25) is 0 Å². The summed E-state index contributed by atoms with van der Waals surface area (Å²) in [4.78, 5) is 0. The largest absolute Gasteiger partial charge is 0.504 e. The third kappa shape index (κ3) is 4.89. The Morgan fingerprint density at radius 1 is 0.528 bits per heavy atom. The average molecular weight is 487 g/mol. The van der Waals surface area contributed by atoms with Crippen LogP contribution in [0.1, 0.15) is 59.1 Å². The van der Waals surface area contributed by atoms with Gasteiger partial charge in [-0.05, 0) is 29.7 Å². The monoisotopic (exact) mass is 486 g/mol. The zero-order chi connectivity index (χ0) is 25.8. The molecule has 6 nitrogen and oxygen atoms in total. The van der Waals surface area contributed by atoms with Crippen LogP contribution < -0.4 is 0 Å². The number of phenols is 6. The van der Waals surface area contributed by atoms with Crippen LogP contribution in [-0.4, -0.2) is 30.6 Å². The van der Waals surface area contributed by atoms with Gasteiger partial charge >= 0.3 is 0 Å². The lowest BCUT2D eigenvalue weighted by molar-refractivity contribution is 0.355. The van der Waals surface area contributed by atoms with Crippen LogP contribution >= 0.6 is 0 Å². The highest BCUT2D eigenvalue weighted by atomic mass is 16.3. The standard InChI is InChI=1S/C30H30O6/c1-2-9-22(23-16-20(25(31)29(35)27(23)33)14-18-10-5-3-6-11-18)24-17-21(26(32)30(36)28(24)34)15-19-12-7-4-8-13-19/h3-8,10-13,16-17,22,31-36H,2,9,14-15H2,1H3. The van der Waals surface area contributed by atoms with Crippen molar-refractivity contribution in [1.29, 1.82) is 0 Å². The average Bonchev–Trinajstić information content (AvgIpc) is 2.89. The topological polar surface area (TPSA) is 121 Å². The second kappa shape index (κ2) is 10.5. The van der Waals surface area contributed by atoms with E-state index >= 15 is 0 Å². The highest BCUT2D eigenvalue weighted by Crippen LogP contribution is 2.51. The minimum Gasteiger partial charge on any atom is -0.504 e. The van der Waals surface area contributed by atoms with E-state index in [1.807, 2.05) is 67.6 Å². The molecule has 0 spiro atoms. The van der Waals surface area contributed by atoms with E-state index in [9.17, 15) is 30.6 Å². The third-order valence-electron chi connectivity index (χ3n) is 6.51. The molecule has 0 aliphatic rings. The van der Waals surface area contributed by atoms with E-state index in [2.05, 4.69) is 0 Å². The fraction of sp³-hybridized carbons (Fsp3) is 0.200. The molecule has 0 fully saturated rings. The summed E-state index contributed by atoms with van der Waals surface area (Å²) in [5.41, 5.74) is 3.27. The number of phenolic OH excluding ortho intramolecular Hbond substituents is 6. The van der Waals surface area contributed by atoms with Crippen molar-refractivity contribution in [2.24, 2.45) is 0 Å². The molecule has 0 aliphatic heterocycles. The van der Waals surface area contributed by atoms with Gasteiger partial charge in [-0.1, -0.05) is 74.0 Å². The number of hydrogen-bond donors (Lipinski definition) is 6. The fourth-order valence-corrected chi connectivity index (χ4v) is 4.65. The van der Waals surface area contributed by atoms with E-state index < -0.39 is 40.4 Å². The molecule has 0 aliphatic carbocycles. The first kappa shape index (κ1) is 24.8. The number of hydrogen-bond acceptors (Lipinski definition) is 6. The summed E-state index contributed by atoms with van der Waals surface area (Å²) in [7, 11) is 0. The molecule has 6 N–H and O–H groups in total. The van der Waals surface area contributed by atoms with Gasteiger partial charge in [0.25, 0.3) is 0 Å². The van der Waals surface area contributed by atoms with Crippen molar-refractivity contribution < 1.29 is 30.6 Å². The minimum atomic E-state index is -0.633. The van der Waals surface area contributed by atoms with Crippen molar-refractivity contribution in [3.8, 4) is 34.5 Å². The Morgan fingerprint density at radius 2 is 0.917 bits per heavy atom. The molecule has 0 aromatic heterocycles. The van der Waals surface area contributed by atoms with Crippen LogP contribution in [0.5, 0.6) is 34.5 Å². The van der Waals surface area contributed by atoms with Crippen LogP contribution in [0, 0.1) is 0 Å². The summed E-state index contributed by atoms with van der Waals surface area (Å²) in [5.74, 6) is -3.68. The maximum absolute atomic E-state index is 10.8. The molecule has 6 heteroatoms. The maximum atomic E-state index is 10.8. The van der Waals surface area contributed by atoms with Gasteiger partial charge in [0, 0.05) is 41.0 Å². The predicted octanol–water partition coefficient (Wildman–Crippen LogP) is 6.03. The van der Waals surface area contributed by atoms with Crippen molar-refractivity contribution in [3.63, 3.8) is 0 Å². The Labute approximate surface area is 210 Å². The predicted molar refractivity (Wildman–Crippen MR) is 138 cm³/mol. The summed E-state index contributed by atoms with van der Waals surface area (Å²) in [5, 5.41) is 64.0. The zero-order valence-electron chi connectivity index (χ0n) is 20.0. The van der Waals surface area contributed by atoms with E-state index in [0.29, 0.717) is 47.9 Å². The van der Waals surface area contributed by atoms with Crippen molar-refractivity contribution in [2.45, 2.75) is 38.5 Å². The Hall–Kier alpha value is -4.32. The van der Waals surface area contributed by atoms with Gasteiger partial charge < -0.3 is 30.6 Å². The molecule has 4 aromatic rings. The van der Waals surface area contributed by atoms with Crippen LogP contribution in [0.4, 0.5) is 0 Å². The first-order valence-electron chi connectivity index (χ1n) is 11.9. The van der Waals surface area contributed by atoms with Crippen LogP contribution in [0.2, 0.25) is 0 Å². The number of aromatic hydroxyl groups is 6. The van der Waals surface area contributed by atoms with Gasteiger partial charge in [0.15, 0.2) is 23.0 Å². The maximum Gasteiger partial charge on any atom is 0.200 e. The Balaban J connectivity index is 1.84. The van der Waals surface area contributed by atoms with Gasteiger partial charge in [0.2, 0.25) is 11.5 Å². The van der Waals surface area contributed by atoms with Crippen LogP contribution in [0.15, 0.2) is 72.8 Å². The molecule has 4 rings (SSSR count). The van der Waals surface area contributed by atoms with E-state index in [4.69, 9.17) is 0 Å². The Bertz CT molecular complexity index is 1250. The van der Waals surface area contributed by atoms with E-state index in [1.165, 1.54) is 0 Å². The lowest BCUT2D eigenvalue weighted by Gasteiger charge is -2.23. The smallest absolute Gasteiger partial charge is 0.200 e. The van der Waals surface area contributed by atoms with Crippen LogP contribution in [0.25, 0.3) is 0 Å². The van der Waals surface area contributed by atoms with Crippen molar-refractivity contribution >= 4 is 0 Å². The molecule has 4 aromatic carbocycles. The summed E-state index contributed by atoms with van der Waals surface area (Å²) in [6.45, 7) is 1.94. The summed E-state index contributed by atoms with van der Waals surface area (Å²) in [6, 6.07) is 22.1. The molecule has 36 heavy (non-hydrogen) atoms. The molecule has 0 saturated heterocycles. The molecule has 0 saturated carbocycles. The molecule has 0 unspecified atom stereocenters. The normalized spacial score (nSPS) is 11.2. The van der Waals surface area contributed by atoms with Gasteiger partial charge in [-0.2, -0.15) is 0 Å². The first-order chi connectivity index (χ1) is 17.3. The van der Waals surface area contributed by atoms with Crippen molar-refractivity contribution in [1.82, 2.24) is 0 Å². The third-order valence-corrected chi connectivity index (χ3v) is 6.51. The van der Waals surface area contributed by atoms with Crippen molar-refractivity contribution in [2.75, 3.05) is 0 Å². The number of rotatable bonds is 8. The molecule has 186 valence electrons. The van der Waals surface area contributed by atoms with E-state index in [1.54, 1.807) is 12.1 Å². The summed E-state index contributed by atoms with van der Waals surface area (Å²) in [6.07, 6.45) is 1.76. The molecule has 0 radical (unpaired) electrons. The molecule has 0 atom stereocenters. The lowest BCUT2D eigenvalue weighted by atomic mass is 9.83. The highest BCUT2D eigenvalue weighted by molar-refractivity contribution is 5.64. The van der Waals surface area contributed by atoms with Crippen molar-refractivity contribution in [3.05, 3.63) is 106 Å². The Morgan fingerprint density at radius 3 is 1.28 bits per heavy atom. The van der Waals surface area contributed by atoms with Gasteiger partial charge in [-0.15, -0.1) is 0 Å². The SMILES string of the molecule is CCCC(c1cc(Cc2ccccc2)c(O)c(O)c1O)c1cc(Cc2ccccc2)c(O)c(O)c1O. The van der Waals surface area contributed by atoms with Gasteiger partial charge in [0.1, 0.15) is 0 Å². The van der Waals surface area contributed by atoms with Crippen LogP contribution in [0.3, 0.4) is 0 Å². The Kier molecular flexibility index (Phi) is 7.25. The molecule has 0 amide bonds. The van der Waals surface area contributed by atoms with E-state index in [-0.39, 0.29) is 0 Å². The first-order valence-corrected chi connectivity index (χ1v) is 11.9. The minimum absolute atomic E-state index is 0.309. The molecular weight excluding hydrogens is 456 g/mol. The van der Waals surface area contributed by atoms with Gasteiger partial charge in [0.05, 0.1) is 0 Å². The summed E-state index contributed by atoms with van der Waals surface area (Å²) >= 11 is 0. The zero-order valence-corrected chi connectivity index (χ0v) is 20.0. The molecular formula is C30H30O6. The number of benzene rings is 4. The summed E-state index contributed by atoms with van der Waals surface area (Å²) < 4.78 is 0. The highest BCUT2D eigenvalue weighted by Gasteiger charge is 2.28. The quantitative estimate of drug-likeness (QED) is 0.169. The van der Waals surface area contributed by atoms with Crippen LogP contribution in [-0.2, 0) is 12.8 Å². The molecule has 0 bridgehead atoms. The second-order valence-corrected chi connectivity index (χ2v) is 9.01. The lowest BCUT2D eigenvalue weighted by Crippen LogP contribution is -2.05. The van der Waals surface area contributed by atoms with E-state index in [0.717, 1.165) is 11.1 Å². The second-order valence-electron chi connectivity index (χ2n) is 9.01. The van der Waals surface area contributed by atoms with Gasteiger partial charge in [-0.25, -0.2) is 0 Å². The molecule has 0 heterocycles.